The minimum atomic E-state index is -0.813. The van der Waals surface area contributed by atoms with Crippen LogP contribution in [0.1, 0.15) is 23.5 Å². The molecule has 286 valence electrons. The van der Waals surface area contributed by atoms with Gasteiger partial charge in [-0.25, -0.2) is 18.4 Å². The van der Waals surface area contributed by atoms with Crippen LogP contribution in [0.2, 0.25) is 0 Å². The minimum absolute atomic E-state index is 0.0141. The molecule has 4 aromatic heterocycles. The number of nitrogens with one attached hydrogen (secondary N) is 2. The zero-order valence-electron chi connectivity index (χ0n) is 29.7. The van der Waals surface area contributed by atoms with Crippen LogP contribution in [0, 0.1) is 21.3 Å². The second kappa shape index (κ2) is 15.0. The summed E-state index contributed by atoms with van der Waals surface area (Å²) in [7, 11) is 0. The van der Waals surface area contributed by atoms with Crippen molar-refractivity contribution in [3.05, 3.63) is 187 Å². The van der Waals surface area contributed by atoms with Crippen molar-refractivity contribution in [1.82, 2.24) is 19.6 Å². The smallest absolute Gasteiger partial charge is 0.349 e. The number of benzene rings is 5. The summed E-state index contributed by atoms with van der Waals surface area (Å²) < 4.78 is 53.6. The van der Waals surface area contributed by atoms with Gasteiger partial charge in [0.1, 0.15) is 28.4 Å². The Hall–Kier alpha value is -7.30. The summed E-state index contributed by atoms with van der Waals surface area (Å²) in [5.74, 6) is -0.830. The molecule has 2 unspecified atom stereocenters. The molecular formula is C42H26F2N6O6S2. The Kier molecular flexibility index (Phi) is 9.39. The molecule has 4 heterocycles. The van der Waals surface area contributed by atoms with Gasteiger partial charge in [-0.1, -0.05) is 60.7 Å². The number of hydrogen-bond donors (Lipinski definition) is 2. The summed E-state index contributed by atoms with van der Waals surface area (Å²) in [4.78, 5) is 25.3. The third-order valence-electron chi connectivity index (χ3n) is 9.24. The SMILES string of the molecule is O=c1cc(-c2nn(C(Nc3ccc(NC(c4ccc(F)cc4)n4nc(-c5cc6ccccc6oc5=O)oc4=S)cc3)c3ccc(F)cc3)c(=S)o2)c2ccccc2o1. The standard InChI is InChI=1S/C42H26F2N6O6S2/c43-26-13-9-23(10-14-26)36(49-41(57)55-38(47-49)31-22-35(51)53-34-8-4-2-6-30(31)34)45-28-17-19-29(20-18-28)46-37(24-11-15-27(44)16-12-24)50-42(58)56-39(48-50)32-21-25-5-1-3-7-33(25)54-40(32)52/h1-22,36-37,45-46H. The van der Waals surface area contributed by atoms with Gasteiger partial charge < -0.3 is 28.3 Å². The van der Waals surface area contributed by atoms with Crippen LogP contribution < -0.4 is 21.9 Å². The third kappa shape index (κ3) is 7.13. The van der Waals surface area contributed by atoms with Gasteiger partial charge in [-0.3, -0.25) is 0 Å². The molecule has 0 saturated carbocycles. The lowest BCUT2D eigenvalue weighted by atomic mass is 10.1. The minimum Gasteiger partial charge on any atom is -0.423 e. The molecule has 0 aliphatic carbocycles. The number of rotatable bonds is 10. The van der Waals surface area contributed by atoms with E-state index in [0.29, 0.717) is 50.0 Å². The normalized spacial score (nSPS) is 12.4. The van der Waals surface area contributed by atoms with Gasteiger partial charge in [0.2, 0.25) is 5.89 Å². The van der Waals surface area contributed by atoms with Crippen LogP contribution in [0.15, 0.2) is 161 Å². The zero-order chi connectivity index (χ0) is 39.9. The van der Waals surface area contributed by atoms with Crippen LogP contribution in [-0.4, -0.2) is 19.6 Å². The Morgan fingerprint density at radius 3 is 1.62 bits per heavy atom. The molecule has 9 rings (SSSR count). The Bertz CT molecular complexity index is 3210. The van der Waals surface area contributed by atoms with Gasteiger partial charge in [-0.05, 0) is 102 Å². The largest absolute Gasteiger partial charge is 0.423 e. The molecule has 2 N–H and O–H groups in total. The average Bonchev–Trinajstić information content (AvgIpc) is 3.81. The number of nitrogens with zero attached hydrogens (tertiary/aromatic N) is 4. The molecule has 0 radical (unpaired) electrons. The average molecular weight is 813 g/mol. The van der Waals surface area contributed by atoms with Crippen molar-refractivity contribution in [3.8, 4) is 22.9 Å². The topological polar surface area (TPSA) is 146 Å². The van der Waals surface area contributed by atoms with E-state index in [4.69, 9.17) is 42.1 Å². The van der Waals surface area contributed by atoms with Crippen molar-refractivity contribution >= 4 is 57.7 Å². The van der Waals surface area contributed by atoms with Crippen molar-refractivity contribution < 1.29 is 26.4 Å². The van der Waals surface area contributed by atoms with Crippen LogP contribution in [0.3, 0.4) is 0 Å². The van der Waals surface area contributed by atoms with Gasteiger partial charge in [-0.15, -0.1) is 10.2 Å². The highest BCUT2D eigenvalue weighted by Crippen LogP contribution is 2.31. The van der Waals surface area contributed by atoms with E-state index in [1.807, 2.05) is 6.07 Å². The molecule has 58 heavy (non-hydrogen) atoms. The van der Waals surface area contributed by atoms with Crippen LogP contribution >= 0.6 is 24.4 Å². The number of fused-ring (bicyclic) bond motifs is 2. The van der Waals surface area contributed by atoms with Crippen molar-refractivity contribution in [3.63, 3.8) is 0 Å². The van der Waals surface area contributed by atoms with E-state index < -0.39 is 35.2 Å². The lowest BCUT2D eigenvalue weighted by molar-refractivity contribution is 0.493. The van der Waals surface area contributed by atoms with E-state index in [0.717, 1.165) is 0 Å². The second-order valence-corrected chi connectivity index (χ2v) is 13.7. The van der Waals surface area contributed by atoms with E-state index in [-0.39, 0.29) is 27.0 Å². The number of para-hydroxylation sites is 2. The summed E-state index contributed by atoms with van der Waals surface area (Å²) in [6.07, 6.45) is -1.60. The van der Waals surface area contributed by atoms with Crippen LogP contribution in [0.5, 0.6) is 0 Å². The number of anilines is 2. The van der Waals surface area contributed by atoms with Crippen molar-refractivity contribution in [2.75, 3.05) is 10.6 Å². The molecule has 0 aliphatic rings. The van der Waals surface area contributed by atoms with Gasteiger partial charge in [0, 0.05) is 28.2 Å². The maximum absolute atomic E-state index is 14.1. The fourth-order valence-corrected chi connectivity index (χ4v) is 6.91. The van der Waals surface area contributed by atoms with Gasteiger partial charge in [0.25, 0.3) is 15.6 Å². The van der Waals surface area contributed by atoms with Crippen molar-refractivity contribution in [2.24, 2.45) is 0 Å². The van der Waals surface area contributed by atoms with E-state index >= 15 is 0 Å². The molecule has 5 aromatic carbocycles. The van der Waals surface area contributed by atoms with Gasteiger partial charge in [0.05, 0.1) is 5.56 Å². The summed E-state index contributed by atoms with van der Waals surface area (Å²) in [6, 6.07) is 35.7. The fraction of sp³-hybridized carbons (Fsp3) is 0.0476. The predicted molar refractivity (Wildman–Crippen MR) is 216 cm³/mol. The Labute approximate surface area is 335 Å². The Morgan fingerprint density at radius 1 is 0.552 bits per heavy atom. The molecule has 12 nitrogen and oxygen atoms in total. The zero-order valence-corrected chi connectivity index (χ0v) is 31.3. The van der Waals surface area contributed by atoms with E-state index in [1.165, 1.54) is 39.7 Å². The highest BCUT2D eigenvalue weighted by atomic mass is 32.1. The third-order valence-corrected chi connectivity index (χ3v) is 9.78. The quantitative estimate of drug-likeness (QED) is 0.100. The monoisotopic (exact) mass is 812 g/mol. The summed E-state index contributed by atoms with van der Waals surface area (Å²) in [6.45, 7) is 0. The molecule has 0 bridgehead atoms. The molecule has 2 atom stereocenters. The summed E-state index contributed by atoms with van der Waals surface area (Å²) >= 11 is 11.2. The van der Waals surface area contributed by atoms with E-state index in [2.05, 4.69) is 20.8 Å². The molecule has 9 aromatic rings. The van der Waals surface area contributed by atoms with Gasteiger partial charge in [0.15, 0.2) is 12.3 Å². The first kappa shape index (κ1) is 36.3. The Balaban J connectivity index is 1.04. The second-order valence-electron chi connectivity index (χ2n) is 13.0. The molecule has 0 amide bonds. The van der Waals surface area contributed by atoms with Gasteiger partial charge in [-0.2, -0.15) is 9.36 Å². The predicted octanol–water partition coefficient (Wildman–Crippen LogP) is 9.87. The first-order valence-electron chi connectivity index (χ1n) is 17.6. The molecule has 0 aliphatic heterocycles. The molecule has 0 fully saturated rings. The lowest BCUT2D eigenvalue weighted by Gasteiger charge is -2.22. The first-order valence-corrected chi connectivity index (χ1v) is 18.4. The maximum atomic E-state index is 14.1. The van der Waals surface area contributed by atoms with Gasteiger partial charge >= 0.3 is 11.3 Å². The van der Waals surface area contributed by atoms with Crippen LogP contribution in [0.4, 0.5) is 20.2 Å². The fourth-order valence-electron chi connectivity index (χ4n) is 6.46. The van der Waals surface area contributed by atoms with Crippen LogP contribution in [0.25, 0.3) is 44.8 Å². The Morgan fingerprint density at radius 2 is 1.05 bits per heavy atom. The lowest BCUT2D eigenvalue weighted by Crippen LogP contribution is -2.22. The van der Waals surface area contributed by atoms with Crippen molar-refractivity contribution in [1.29, 1.82) is 0 Å². The first-order chi connectivity index (χ1) is 28.2. The molecule has 0 saturated heterocycles. The van der Waals surface area contributed by atoms with E-state index in [9.17, 15) is 18.4 Å². The highest BCUT2D eigenvalue weighted by Gasteiger charge is 2.24. The number of halogens is 2. The number of hydrogen-bond acceptors (Lipinski definition) is 12. The molecule has 16 heteroatoms. The number of aromatic nitrogens is 4. The van der Waals surface area contributed by atoms with E-state index in [1.54, 1.807) is 97.1 Å². The highest BCUT2D eigenvalue weighted by molar-refractivity contribution is 7.71. The molecular weight excluding hydrogens is 787 g/mol. The molecule has 0 spiro atoms. The summed E-state index contributed by atoms with van der Waals surface area (Å²) in [5, 5.41) is 17.3. The van der Waals surface area contributed by atoms with Crippen molar-refractivity contribution in [2.45, 2.75) is 12.3 Å². The summed E-state index contributed by atoms with van der Waals surface area (Å²) in [5.41, 5.74) is 2.39. The maximum Gasteiger partial charge on any atom is 0.349 e. The van der Waals surface area contributed by atoms with Crippen LogP contribution in [-0.2, 0) is 0 Å².